The number of nitrogens with zero attached hydrogens (tertiary/aromatic N) is 2. The number of hydrogen-bond donors (Lipinski definition) is 1. The second-order valence-corrected chi connectivity index (χ2v) is 8.45. The van der Waals surface area contributed by atoms with Crippen LogP contribution < -0.4 is 10.2 Å². The van der Waals surface area contributed by atoms with Gasteiger partial charge in [-0.1, -0.05) is 48.5 Å². The first kappa shape index (κ1) is 20.9. The van der Waals surface area contributed by atoms with Crippen molar-refractivity contribution in [2.24, 2.45) is 0 Å². The molecule has 0 spiro atoms. The Morgan fingerprint density at radius 2 is 1.45 bits per heavy atom. The first-order valence-electron chi connectivity index (χ1n) is 11.2. The third kappa shape index (κ3) is 4.24. The molecule has 2 heterocycles. The van der Waals surface area contributed by atoms with Crippen molar-refractivity contribution in [3.63, 3.8) is 0 Å². The minimum absolute atomic E-state index is 0.262. The first-order valence-corrected chi connectivity index (χ1v) is 11.2. The summed E-state index contributed by atoms with van der Waals surface area (Å²) in [5, 5.41) is 2.82. The third-order valence-electron chi connectivity index (χ3n) is 6.35. The Bertz CT molecular complexity index is 1180. The SMILES string of the molecule is O=C(CN1C(=O)c2ccccc2C1=O)NCCc1ccc(N2CCc3ccccc3C2)cc1. The molecule has 3 aromatic rings. The molecule has 0 radical (unpaired) electrons. The maximum absolute atomic E-state index is 12.4. The van der Waals surface area contributed by atoms with E-state index >= 15 is 0 Å². The molecule has 166 valence electrons. The molecule has 6 heteroatoms. The Hall–Kier alpha value is -3.93. The molecule has 0 unspecified atom stereocenters. The van der Waals surface area contributed by atoms with Gasteiger partial charge in [0, 0.05) is 25.3 Å². The van der Waals surface area contributed by atoms with Crippen molar-refractivity contribution in [1.29, 1.82) is 0 Å². The monoisotopic (exact) mass is 439 g/mol. The van der Waals surface area contributed by atoms with Crippen LogP contribution in [0.4, 0.5) is 5.69 Å². The minimum Gasteiger partial charge on any atom is -0.367 e. The van der Waals surface area contributed by atoms with E-state index in [4.69, 9.17) is 0 Å². The number of carbonyl (C=O) groups excluding carboxylic acids is 3. The zero-order chi connectivity index (χ0) is 22.8. The second kappa shape index (κ2) is 8.90. The van der Waals surface area contributed by atoms with Crippen LogP contribution in [0.15, 0.2) is 72.8 Å². The average Bonchev–Trinajstić information content (AvgIpc) is 3.09. The molecule has 0 aromatic heterocycles. The summed E-state index contributed by atoms with van der Waals surface area (Å²) in [5.74, 6) is -1.17. The summed E-state index contributed by atoms with van der Waals surface area (Å²) in [6, 6.07) is 23.7. The van der Waals surface area contributed by atoms with Gasteiger partial charge in [0.05, 0.1) is 11.1 Å². The van der Waals surface area contributed by atoms with E-state index in [0.29, 0.717) is 24.1 Å². The van der Waals surface area contributed by atoms with E-state index in [1.807, 2.05) is 0 Å². The Balaban J connectivity index is 1.11. The van der Waals surface area contributed by atoms with E-state index in [1.54, 1.807) is 24.3 Å². The smallest absolute Gasteiger partial charge is 0.262 e. The lowest BCUT2D eigenvalue weighted by Crippen LogP contribution is -2.40. The zero-order valence-electron chi connectivity index (χ0n) is 18.3. The van der Waals surface area contributed by atoms with Gasteiger partial charge in [0.2, 0.25) is 5.91 Å². The van der Waals surface area contributed by atoms with E-state index in [9.17, 15) is 14.4 Å². The van der Waals surface area contributed by atoms with Gasteiger partial charge in [-0.25, -0.2) is 0 Å². The van der Waals surface area contributed by atoms with E-state index in [0.717, 1.165) is 30.0 Å². The van der Waals surface area contributed by atoms with Crippen LogP contribution >= 0.6 is 0 Å². The molecule has 3 amide bonds. The van der Waals surface area contributed by atoms with Crippen LogP contribution in [0.1, 0.15) is 37.4 Å². The lowest BCUT2D eigenvalue weighted by Gasteiger charge is -2.30. The van der Waals surface area contributed by atoms with Crippen molar-refractivity contribution < 1.29 is 14.4 Å². The molecule has 0 bridgehead atoms. The zero-order valence-corrected chi connectivity index (χ0v) is 18.3. The highest BCUT2D eigenvalue weighted by Crippen LogP contribution is 2.25. The summed E-state index contributed by atoms with van der Waals surface area (Å²) in [5.41, 5.74) is 5.84. The van der Waals surface area contributed by atoms with Crippen molar-refractivity contribution in [3.8, 4) is 0 Å². The molecule has 1 N–H and O–H groups in total. The van der Waals surface area contributed by atoms with Gasteiger partial charge in [0.25, 0.3) is 11.8 Å². The summed E-state index contributed by atoms with van der Waals surface area (Å²) in [4.78, 5) is 40.5. The van der Waals surface area contributed by atoms with Crippen LogP contribution in [0.5, 0.6) is 0 Å². The summed E-state index contributed by atoms with van der Waals surface area (Å²) in [6.07, 6.45) is 1.73. The number of benzene rings is 3. The van der Waals surface area contributed by atoms with E-state index in [2.05, 4.69) is 58.7 Å². The van der Waals surface area contributed by atoms with Crippen LogP contribution in [-0.2, 0) is 24.2 Å². The normalized spacial score (nSPS) is 14.8. The van der Waals surface area contributed by atoms with E-state index < -0.39 is 11.8 Å². The number of hydrogen-bond acceptors (Lipinski definition) is 4. The number of fused-ring (bicyclic) bond motifs is 2. The summed E-state index contributed by atoms with van der Waals surface area (Å²) in [7, 11) is 0. The Kier molecular flexibility index (Phi) is 5.65. The molecule has 33 heavy (non-hydrogen) atoms. The number of rotatable bonds is 6. The highest BCUT2D eigenvalue weighted by molar-refractivity contribution is 6.22. The largest absolute Gasteiger partial charge is 0.367 e. The molecule has 0 atom stereocenters. The fourth-order valence-corrected chi connectivity index (χ4v) is 4.52. The van der Waals surface area contributed by atoms with Crippen LogP contribution in [0.25, 0.3) is 0 Å². The predicted molar refractivity (Wildman–Crippen MR) is 126 cm³/mol. The van der Waals surface area contributed by atoms with Gasteiger partial charge in [0.15, 0.2) is 0 Å². The molecular weight excluding hydrogens is 414 g/mol. The highest BCUT2D eigenvalue weighted by atomic mass is 16.2. The molecule has 2 aliphatic rings. The van der Waals surface area contributed by atoms with Gasteiger partial charge in [-0.3, -0.25) is 19.3 Å². The lowest BCUT2D eigenvalue weighted by atomic mass is 9.99. The molecule has 5 rings (SSSR count). The van der Waals surface area contributed by atoms with Gasteiger partial charge < -0.3 is 10.2 Å². The van der Waals surface area contributed by atoms with Crippen molar-refractivity contribution in [1.82, 2.24) is 10.2 Å². The Morgan fingerprint density at radius 1 is 0.818 bits per heavy atom. The Labute approximate surface area is 192 Å². The minimum atomic E-state index is -0.415. The predicted octanol–water partition coefficient (Wildman–Crippen LogP) is 3.20. The van der Waals surface area contributed by atoms with Crippen LogP contribution in [0, 0.1) is 0 Å². The van der Waals surface area contributed by atoms with Crippen LogP contribution in [-0.4, -0.2) is 42.3 Å². The van der Waals surface area contributed by atoms with Crippen LogP contribution in [0.3, 0.4) is 0 Å². The van der Waals surface area contributed by atoms with Gasteiger partial charge in [-0.15, -0.1) is 0 Å². The van der Waals surface area contributed by atoms with E-state index in [1.165, 1.54) is 16.8 Å². The average molecular weight is 440 g/mol. The summed E-state index contributed by atoms with van der Waals surface area (Å²) < 4.78 is 0. The second-order valence-electron chi connectivity index (χ2n) is 8.45. The highest BCUT2D eigenvalue weighted by Gasteiger charge is 2.36. The molecule has 3 aromatic carbocycles. The fourth-order valence-electron chi connectivity index (χ4n) is 4.52. The number of nitrogens with one attached hydrogen (secondary N) is 1. The van der Waals surface area contributed by atoms with Gasteiger partial charge in [0.1, 0.15) is 6.54 Å². The number of carbonyl (C=O) groups is 3. The quantitative estimate of drug-likeness (QED) is 0.599. The summed E-state index contributed by atoms with van der Waals surface area (Å²) in [6.45, 7) is 2.10. The van der Waals surface area contributed by atoms with Gasteiger partial charge in [-0.05, 0) is 53.8 Å². The number of imide groups is 1. The number of amides is 3. The molecule has 2 aliphatic heterocycles. The molecule has 0 aliphatic carbocycles. The van der Waals surface area contributed by atoms with Crippen LogP contribution in [0.2, 0.25) is 0 Å². The topological polar surface area (TPSA) is 69.7 Å². The standard InChI is InChI=1S/C27H25N3O3/c31-25(18-30-26(32)23-7-3-4-8-24(23)27(30)33)28-15-13-19-9-11-22(12-10-19)29-16-14-20-5-1-2-6-21(20)17-29/h1-12H,13-18H2,(H,28,31). The third-order valence-corrected chi connectivity index (χ3v) is 6.35. The maximum atomic E-state index is 12.4. The number of anilines is 1. The molecule has 0 saturated heterocycles. The molecule has 6 nitrogen and oxygen atoms in total. The molecular formula is C27H25N3O3. The lowest BCUT2D eigenvalue weighted by molar-refractivity contribution is -0.121. The fraction of sp³-hybridized carbons (Fsp3) is 0.222. The molecule has 0 saturated carbocycles. The van der Waals surface area contributed by atoms with Gasteiger partial charge >= 0.3 is 0 Å². The van der Waals surface area contributed by atoms with Gasteiger partial charge in [-0.2, -0.15) is 0 Å². The summed E-state index contributed by atoms with van der Waals surface area (Å²) >= 11 is 0. The molecule has 0 fully saturated rings. The van der Waals surface area contributed by atoms with Crippen molar-refractivity contribution >= 4 is 23.4 Å². The van der Waals surface area contributed by atoms with Crippen molar-refractivity contribution in [2.45, 2.75) is 19.4 Å². The first-order chi connectivity index (χ1) is 16.1. The Morgan fingerprint density at radius 3 is 2.15 bits per heavy atom. The van der Waals surface area contributed by atoms with Crippen molar-refractivity contribution in [2.75, 3.05) is 24.5 Å². The maximum Gasteiger partial charge on any atom is 0.262 e. The van der Waals surface area contributed by atoms with Crippen molar-refractivity contribution in [3.05, 3.63) is 101 Å². The van der Waals surface area contributed by atoms with E-state index in [-0.39, 0.29) is 12.5 Å².